The minimum absolute atomic E-state index is 0.857. The lowest BCUT2D eigenvalue weighted by atomic mass is 10.1. The third-order valence-electron chi connectivity index (χ3n) is 6.78. The number of rotatable bonds is 6. The summed E-state index contributed by atoms with van der Waals surface area (Å²) in [5, 5.41) is 6.40. The van der Waals surface area contributed by atoms with Crippen molar-refractivity contribution in [3.8, 4) is 22.6 Å². The number of piperazine rings is 1. The first-order valence-electron chi connectivity index (χ1n) is 12.2. The average Bonchev–Trinajstić information content (AvgIpc) is 3.54. The van der Waals surface area contributed by atoms with Crippen molar-refractivity contribution in [1.82, 2.24) is 29.7 Å². The molecule has 6 rings (SSSR count). The smallest absolute Gasteiger partial charge is 0.187 e. The van der Waals surface area contributed by atoms with Crippen molar-refractivity contribution >= 4 is 33.2 Å². The Kier molecular flexibility index (Phi) is 6.23. The van der Waals surface area contributed by atoms with E-state index in [2.05, 4.69) is 80.8 Å². The van der Waals surface area contributed by atoms with Crippen molar-refractivity contribution in [3.63, 3.8) is 0 Å². The second-order valence-corrected chi connectivity index (χ2v) is 10.3. The molecule has 0 saturated carbocycles. The molecule has 0 amide bonds. The summed E-state index contributed by atoms with van der Waals surface area (Å²) in [6.07, 6.45) is 3.58. The van der Waals surface area contributed by atoms with Gasteiger partial charge in [-0.25, -0.2) is 9.97 Å². The minimum atomic E-state index is 0.857. The summed E-state index contributed by atoms with van der Waals surface area (Å²) in [7, 11) is 2.19. The van der Waals surface area contributed by atoms with Gasteiger partial charge in [0.25, 0.3) is 0 Å². The van der Waals surface area contributed by atoms with E-state index in [4.69, 9.17) is 9.97 Å². The van der Waals surface area contributed by atoms with Crippen molar-refractivity contribution in [3.05, 3.63) is 77.4 Å². The van der Waals surface area contributed by atoms with Crippen molar-refractivity contribution < 1.29 is 0 Å². The number of nitrogens with zero attached hydrogens (tertiary/aromatic N) is 5. The van der Waals surface area contributed by atoms with Crippen LogP contribution in [0, 0.1) is 6.92 Å². The number of aryl methyl sites for hydroxylation is 1. The number of H-pyrrole nitrogens is 1. The van der Waals surface area contributed by atoms with Crippen LogP contribution in [0.4, 0.5) is 10.8 Å². The number of aromatic amines is 1. The largest absolute Gasteiger partial charge is 0.338 e. The van der Waals surface area contributed by atoms with Crippen molar-refractivity contribution in [1.29, 1.82) is 0 Å². The van der Waals surface area contributed by atoms with E-state index in [1.807, 2.05) is 12.1 Å². The average molecular weight is 496 g/mol. The fraction of sp³-hybridized carbons (Fsp3) is 0.250. The topological polar surface area (TPSA) is 73.0 Å². The van der Waals surface area contributed by atoms with Crippen LogP contribution in [-0.2, 0) is 6.54 Å². The van der Waals surface area contributed by atoms with Gasteiger partial charge in [0.1, 0.15) is 5.82 Å². The summed E-state index contributed by atoms with van der Waals surface area (Å²) < 4.78 is 0. The second-order valence-electron chi connectivity index (χ2n) is 9.44. The first kappa shape index (κ1) is 22.8. The fourth-order valence-electron chi connectivity index (χ4n) is 4.57. The Hall–Kier alpha value is -3.59. The van der Waals surface area contributed by atoms with Crippen molar-refractivity contribution in [2.24, 2.45) is 0 Å². The lowest BCUT2D eigenvalue weighted by Gasteiger charge is -2.32. The maximum atomic E-state index is 4.90. The molecule has 36 heavy (non-hydrogen) atoms. The monoisotopic (exact) mass is 495 g/mol. The molecule has 2 N–H and O–H groups in total. The molecule has 8 heteroatoms. The summed E-state index contributed by atoms with van der Waals surface area (Å²) in [5.74, 6) is 0.891. The van der Waals surface area contributed by atoms with Crippen LogP contribution >= 0.6 is 11.3 Å². The van der Waals surface area contributed by atoms with Gasteiger partial charge in [-0.15, -0.1) is 11.3 Å². The first-order chi connectivity index (χ1) is 17.6. The van der Waals surface area contributed by atoms with E-state index in [9.17, 15) is 0 Å². The van der Waals surface area contributed by atoms with Crippen molar-refractivity contribution in [2.45, 2.75) is 13.5 Å². The minimum Gasteiger partial charge on any atom is -0.338 e. The molecular formula is C28H29N7S. The molecule has 0 unspecified atom stereocenters. The zero-order chi connectivity index (χ0) is 24.5. The molecule has 0 spiro atoms. The molecule has 3 aromatic heterocycles. The van der Waals surface area contributed by atoms with Crippen LogP contribution in [-0.4, -0.2) is 63.0 Å². The SMILES string of the molecule is Cc1cc2[nH]c(-c3ccc(CN4CCN(C)CC4)cc3)nc2cc1Nc1nc(-c2ccncc2)cs1. The van der Waals surface area contributed by atoms with Gasteiger partial charge in [0.05, 0.1) is 16.7 Å². The highest BCUT2D eigenvalue weighted by Crippen LogP contribution is 2.31. The van der Waals surface area contributed by atoms with E-state index in [1.54, 1.807) is 23.7 Å². The molecule has 0 aliphatic carbocycles. The van der Waals surface area contributed by atoms with E-state index in [0.29, 0.717) is 0 Å². The zero-order valence-corrected chi connectivity index (χ0v) is 21.3. The van der Waals surface area contributed by atoms with Gasteiger partial charge < -0.3 is 15.2 Å². The van der Waals surface area contributed by atoms with Crippen molar-refractivity contribution in [2.75, 3.05) is 38.5 Å². The lowest BCUT2D eigenvalue weighted by molar-refractivity contribution is 0.148. The number of benzene rings is 2. The van der Waals surface area contributed by atoms with Crippen LogP contribution in [0.5, 0.6) is 0 Å². The second kappa shape index (κ2) is 9.81. The van der Waals surface area contributed by atoms with Gasteiger partial charge in [0.15, 0.2) is 5.13 Å². The molecule has 1 aliphatic heterocycles. The van der Waals surface area contributed by atoms with Crippen LogP contribution in [0.25, 0.3) is 33.7 Å². The van der Waals surface area contributed by atoms with E-state index in [-0.39, 0.29) is 0 Å². The third-order valence-corrected chi connectivity index (χ3v) is 7.54. The van der Waals surface area contributed by atoms with Gasteiger partial charge in [-0.2, -0.15) is 0 Å². The quantitative estimate of drug-likeness (QED) is 0.322. The number of fused-ring (bicyclic) bond motifs is 1. The molecule has 1 aliphatic rings. The Morgan fingerprint density at radius 1 is 0.944 bits per heavy atom. The number of aromatic nitrogens is 4. The van der Waals surface area contributed by atoms with Crippen LogP contribution in [0.2, 0.25) is 0 Å². The van der Waals surface area contributed by atoms with Gasteiger partial charge in [-0.3, -0.25) is 9.88 Å². The maximum Gasteiger partial charge on any atom is 0.187 e. The molecule has 0 atom stereocenters. The molecule has 0 radical (unpaired) electrons. The summed E-state index contributed by atoms with van der Waals surface area (Å²) in [4.78, 5) is 22.1. The zero-order valence-electron chi connectivity index (χ0n) is 20.5. The molecule has 182 valence electrons. The van der Waals surface area contributed by atoms with Gasteiger partial charge in [0, 0.05) is 67.3 Å². The lowest BCUT2D eigenvalue weighted by Crippen LogP contribution is -2.43. The highest BCUT2D eigenvalue weighted by Gasteiger charge is 2.14. The fourth-order valence-corrected chi connectivity index (χ4v) is 5.30. The number of hydrogen-bond acceptors (Lipinski definition) is 7. The third kappa shape index (κ3) is 4.88. The number of likely N-dealkylation sites (N-methyl/N-ethyl adjacent to an activating group) is 1. The first-order valence-corrected chi connectivity index (χ1v) is 13.1. The molecule has 5 aromatic rings. The van der Waals surface area contributed by atoms with Gasteiger partial charge in [0.2, 0.25) is 0 Å². The van der Waals surface area contributed by atoms with Crippen LogP contribution in [0.15, 0.2) is 66.3 Å². The summed E-state index contributed by atoms with van der Waals surface area (Å²) >= 11 is 1.59. The Morgan fingerprint density at radius 3 is 2.50 bits per heavy atom. The summed E-state index contributed by atoms with van der Waals surface area (Å²) in [5.41, 5.74) is 8.57. The maximum absolute atomic E-state index is 4.90. The summed E-state index contributed by atoms with van der Waals surface area (Å²) in [6, 6.07) is 17.0. The van der Waals surface area contributed by atoms with E-state index in [0.717, 1.165) is 82.8 Å². The Balaban J connectivity index is 1.18. The molecule has 0 bridgehead atoms. The highest BCUT2D eigenvalue weighted by molar-refractivity contribution is 7.14. The normalized spacial score (nSPS) is 14.9. The number of pyridine rings is 1. The molecule has 1 fully saturated rings. The molecule has 2 aromatic carbocycles. The number of thiazole rings is 1. The van der Waals surface area contributed by atoms with Crippen LogP contribution in [0.1, 0.15) is 11.1 Å². The van der Waals surface area contributed by atoms with Gasteiger partial charge in [-0.05, 0) is 49.4 Å². The predicted molar refractivity (Wildman–Crippen MR) is 148 cm³/mol. The van der Waals surface area contributed by atoms with E-state index < -0.39 is 0 Å². The Morgan fingerprint density at radius 2 is 1.72 bits per heavy atom. The number of nitrogens with one attached hydrogen (secondary N) is 2. The number of imidazole rings is 1. The van der Waals surface area contributed by atoms with Gasteiger partial charge in [-0.1, -0.05) is 24.3 Å². The van der Waals surface area contributed by atoms with Crippen LogP contribution in [0.3, 0.4) is 0 Å². The number of anilines is 2. The highest BCUT2D eigenvalue weighted by atomic mass is 32.1. The predicted octanol–water partition coefficient (Wildman–Crippen LogP) is 5.55. The van der Waals surface area contributed by atoms with E-state index >= 15 is 0 Å². The molecule has 1 saturated heterocycles. The number of hydrogen-bond donors (Lipinski definition) is 2. The van der Waals surface area contributed by atoms with E-state index in [1.165, 1.54) is 5.56 Å². The Bertz CT molecular complexity index is 1470. The molecular weight excluding hydrogens is 466 g/mol. The molecule has 4 heterocycles. The Labute approximate surface area is 214 Å². The van der Waals surface area contributed by atoms with Crippen LogP contribution < -0.4 is 5.32 Å². The standard InChI is InChI=1S/C28H29N7S/c1-19-15-24-25(16-23(19)32-28-33-26(18-36-28)21-7-9-29-10-8-21)31-27(30-24)22-5-3-20(4-6-22)17-35-13-11-34(2)12-14-35/h3-10,15-16,18H,11-14,17H2,1-2H3,(H,30,31)(H,32,33). The summed E-state index contributed by atoms with van der Waals surface area (Å²) in [6.45, 7) is 7.64. The van der Waals surface area contributed by atoms with Gasteiger partial charge >= 0.3 is 0 Å². The molecule has 7 nitrogen and oxygen atoms in total.